The monoisotopic (exact) mass is 874 g/mol. The molecule has 0 rings (SSSR count). The van der Waals surface area contributed by atoms with E-state index in [-0.39, 0.29) is 32.2 Å². The summed E-state index contributed by atoms with van der Waals surface area (Å²) in [5.74, 6) is -0.965. The van der Waals surface area contributed by atoms with E-state index in [2.05, 4.69) is 92.0 Å². The zero-order valence-corrected chi connectivity index (χ0v) is 39.6. The normalized spacial score (nSPS) is 14.9. The first-order valence-electron chi connectivity index (χ1n) is 23.0. The van der Waals surface area contributed by atoms with Crippen molar-refractivity contribution in [2.75, 3.05) is 47.5 Å². The molecule has 0 bridgehead atoms. The van der Waals surface area contributed by atoms with Crippen LogP contribution in [0.3, 0.4) is 0 Å². The van der Waals surface area contributed by atoms with Crippen LogP contribution in [0.1, 0.15) is 149 Å². The Morgan fingerprint density at radius 3 is 1.54 bits per heavy atom. The summed E-state index contributed by atoms with van der Waals surface area (Å²) in [7, 11) is 1.07. The van der Waals surface area contributed by atoms with Crippen LogP contribution in [-0.2, 0) is 32.7 Å². The number of hydrogen-bond donors (Lipinski definition) is 1. The third-order valence-electron chi connectivity index (χ3n) is 9.24. The fourth-order valence-corrected chi connectivity index (χ4v) is 6.16. The second-order valence-electron chi connectivity index (χ2n) is 16.2. The van der Waals surface area contributed by atoms with Crippen LogP contribution in [-0.4, -0.2) is 81.2 Å². The van der Waals surface area contributed by atoms with Gasteiger partial charge in [-0.2, -0.15) is 0 Å². The number of phosphoric acid groups is 1. The van der Waals surface area contributed by atoms with Crippen LogP contribution in [0.4, 0.5) is 0 Å². The van der Waals surface area contributed by atoms with Crippen molar-refractivity contribution in [3.63, 3.8) is 0 Å². The molecule has 0 aromatic carbocycles. The largest absolute Gasteiger partial charge is 0.756 e. The molecule has 348 valence electrons. The molecule has 3 atom stereocenters. The number of phosphoric ester groups is 1. The number of ether oxygens (including phenoxy) is 2. The van der Waals surface area contributed by atoms with E-state index in [4.69, 9.17) is 18.5 Å². The van der Waals surface area contributed by atoms with Crippen LogP contribution in [0.2, 0.25) is 0 Å². The molecule has 0 fully saturated rings. The van der Waals surface area contributed by atoms with E-state index < -0.39 is 32.5 Å². The Balaban J connectivity index is 4.52. The van der Waals surface area contributed by atoms with Gasteiger partial charge in [0.05, 0.1) is 33.9 Å². The van der Waals surface area contributed by atoms with Gasteiger partial charge in [0.15, 0.2) is 6.10 Å². The van der Waals surface area contributed by atoms with E-state index in [1.165, 1.54) is 25.7 Å². The van der Waals surface area contributed by atoms with E-state index in [0.29, 0.717) is 30.3 Å². The zero-order chi connectivity index (χ0) is 45.1. The first-order valence-corrected chi connectivity index (χ1v) is 24.5. The van der Waals surface area contributed by atoms with Crippen molar-refractivity contribution < 1.29 is 47.2 Å². The third-order valence-corrected chi connectivity index (χ3v) is 10.2. The van der Waals surface area contributed by atoms with E-state index in [9.17, 15) is 24.2 Å². The van der Waals surface area contributed by atoms with Crippen LogP contribution in [0.25, 0.3) is 0 Å². The maximum absolute atomic E-state index is 12.7. The summed E-state index contributed by atoms with van der Waals surface area (Å²) in [6.45, 7) is 3.78. The third kappa shape index (κ3) is 44.7. The average Bonchev–Trinajstić information content (AvgIpc) is 3.21. The van der Waals surface area contributed by atoms with Crippen LogP contribution in [0, 0.1) is 0 Å². The van der Waals surface area contributed by atoms with Crippen molar-refractivity contribution in [3.8, 4) is 0 Å². The van der Waals surface area contributed by atoms with Gasteiger partial charge < -0.3 is 33.0 Å². The van der Waals surface area contributed by atoms with Gasteiger partial charge in [-0.1, -0.05) is 130 Å². The minimum Gasteiger partial charge on any atom is -0.756 e. The van der Waals surface area contributed by atoms with E-state index in [0.717, 1.165) is 77.0 Å². The molecule has 0 aromatic heterocycles. The summed E-state index contributed by atoms with van der Waals surface area (Å²) in [5.41, 5.74) is 0. The second kappa shape index (κ2) is 40.9. The maximum atomic E-state index is 12.7. The Hall–Kier alpha value is -3.11. The summed E-state index contributed by atoms with van der Waals surface area (Å²) >= 11 is 0. The number of allylic oxidation sites excluding steroid dienone is 16. The van der Waals surface area contributed by atoms with Crippen LogP contribution in [0.5, 0.6) is 0 Å². The molecular weight excluding hydrogens is 790 g/mol. The van der Waals surface area contributed by atoms with E-state index in [1.54, 1.807) is 0 Å². The zero-order valence-electron chi connectivity index (χ0n) is 38.7. The summed E-state index contributed by atoms with van der Waals surface area (Å²) < 4.78 is 33.8. The minimum atomic E-state index is -4.66. The molecule has 1 unspecified atom stereocenters. The lowest BCUT2D eigenvalue weighted by atomic mass is 10.1. The fraction of sp³-hybridized carbons (Fsp3) is 0.640. The van der Waals surface area contributed by atoms with Crippen molar-refractivity contribution in [2.24, 2.45) is 0 Å². The second-order valence-corrected chi connectivity index (χ2v) is 17.6. The molecule has 0 heterocycles. The Kier molecular flexibility index (Phi) is 38.8. The number of rotatable bonds is 40. The smallest absolute Gasteiger partial charge is 0.306 e. The number of esters is 2. The molecule has 11 heteroatoms. The number of quaternary nitrogens is 1. The molecule has 0 radical (unpaired) electrons. The highest BCUT2D eigenvalue weighted by atomic mass is 31.2. The van der Waals surface area contributed by atoms with Gasteiger partial charge in [0.1, 0.15) is 19.8 Å². The van der Waals surface area contributed by atoms with Gasteiger partial charge >= 0.3 is 11.9 Å². The molecule has 0 saturated heterocycles. The van der Waals surface area contributed by atoms with Gasteiger partial charge in [-0.25, -0.2) is 0 Å². The topological polar surface area (TPSA) is 131 Å². The Morgan fingerprint density at radius 1 is 0.590 bits per heavy atom. The molecule has 0 saturated carbocycles. The molecule has 1 N–H and O–H groups in total. The number of aliphatic hydroxyl groups excluding tert-OH is 1. The van der Waals surface area contributed by atoms with Gasteiger partial charge in [0.2, 0.25) is 0 Å². The predicted octanol–water partition coefficient (Wildman–Crippen LogP) is 11.7. The lowest BCUT2D eigenvalue weighted by molar-refractivity contribution is -0.870. The van der Waals surface area contributed by atoms with Crippen LogP contribution >= 0.6 is 7.82 Å². The summed E-state index contributed by atoms with van der Waals surface area (Å²) in [6, 6.07) is 0. The van der Waals surface area contributed by atoms with Gasteiger partial charge in [-0.05, 0) is 103 Å². The average molecular weight is 874 g/mol. The highest BCUT2D eigenvalue weighted by Gasteiger charge is 2.21. The van der Waals surface area contributed by atoms with Gasteiger partial charge in [-0.3, -0.25) is 14.2 Å². The highest BCUT2D eigenvalue weighted by molar-refractivity contribution is 7.45. The standard InChI is InChI=1S/C50H84NO9P/c1-6-8-9-10-11-12-13-14-15-16-17-18-19-23-26-29-32-35-38-41-49(53)57-45-48(46-59-61(55,56)58-44-43-51(3,4)5)60-50(54)42-39-36-33-30-27-24-21-20-22-25-28-31-34-37-40-47(52)7-2/h11-12,14-15,17-18,21-26,30-31,33-34,47-48,52H,6-10,13,16,19-20,27-29,32,35-46H2,1-5H3/b12-11-,15-14-,18-17-,24-21-,25-22-,26-23-,33-30-,34-31-/t47-,48-/m1/s1. The molecule has 0 aliphatic carbocycles. The Morgan fingerprint density at radius 2 is 1.05 bits per heavy atom. The number of unbranched alkanes of at least 4 members (excludes halogenated alkanes) is 7. The number of aliphatic hydroxyl groups is 1. The number of hydrogen-bond acceptors (Lipinski definition) is 9. The lowest BCUT2D eigenvalue weighted by Crippen LogP contribution is -2.37. The van der Waals surface area contributed by atoms with Crippen molar-refractivity contribution in [1.82, 2.24) is 0 Å². The number of carbonyl (C=O) groups is 2. The molecule has 0 aliphatic rings. The van der Waals surface area contributed by atoms with E-state index in [1.807, 2.05) is 40.2 Å². The molecule has 10 nitrogen and oxygen atoms in total. The quantitative estimate of drug-likeness (QED) is 0.0210. The number of carbonyl (C=O) groups excluding carboxylic acids is 2. The number of likely N-dealkylation sites (N-methyl/N-ethyl adjacent to an activating group) is 1. The van der Waals surface area contributed by atoms with Crippen molar-refractivity contribution in [1.29, 1.82) is 0 Å². The summed E-state index contributed by atoms with van der Waals surface area (Å²) in [4.78, 5) is 37.6. The molecular formula is C50H84NO9P. The minimum absolute atomic E-state index is 0.0584. The molecule has 0 aliphatic heterocycles. The Bertz CT molecular complexity index is 1370. The summed E-state index contributed by atoms with van der Waals surface area (Å²) in [6.07, 6.45) is 51.0. The van der Waals surface area contributed by atoms with Crippen molar-refractivity contribution in [3.05, 3.63) is 97.2 Å². The van der Waals surface area contributed by atoms with Gasteiger partial charge in [0.25, 0.3) is 7.82 Å². The first-order chi connectivity index (χ1) is 29.4. The van der Waals surface area contributed by atoms with Crippen LogP contribution < -0.4 is 4.89 Å². The predicted molar refractivity (Wildman–Crippen MR) is 251 cm³/mol. The lowest BCUT2D eigenvalue weighted by Gasteiger charge is -2.28. The Labute approximate surface area is 371 Å². The van der Waals surface area contributed by atoms with Crippen LogP contribution in [0.15, 0.2) is 97.2 Å². The molecule has 0 spiro atoms. The molecule has 0 amide bonds. The van der Waals surface area contributed by atoms with E-state index >= 15 is 0 Å². The first kappa shape index (κ1) is 57.9. The highest BCUT2D eigenvalue weighted by Crippen LogP contribution is 2.38. The molecule has 61 heavy (non-hydrogen) atoms. The van der Waals surface area contributed by atoms with Crippen molar-refractivity contribution >= 4 is 19.8 Å². The SMILES string of the molecule is CCCCC/C=C\C/C=C\C/C=C\C/C=C\CCCCCC(=O)OC[C@H](COP(=O)([O-])OCC[N+](C)(C)C)OC(=O)CCC/C=C\C/C=C\C/C=C\C/C=C\CC[C@H](O)CC. The number of nitrogens with zero attached hydrogens (tertiary/aromatic N) is 1. The molecule has 0 aromatic rings. The summed E-state index contributed by atoms with van der Waals surface area (Å²) in [5, 5.41) is 9.57. The van der Waals surface area contributed by atoms with Gasteiger partial charge in [0, 0.05) is 12.8 Å². The fourth-order valence-electron chi connectivity index (χ4n) is 5.43. The maximum Gasteiger partial charge on any atom is 0.306 e. The van der Waals surface area contributed by atoms with Crippen molar-refractivity contribution in [2.45, 2.75) is 161 Å². The van der Waals surface area contributed by atoms with Gasteiger partial charge in [-0.15, -0.1) is 0 Å².